The first-order chi connectivity index (χ1) is 8.20. The molecular formula is C15H13BrCl. The van der Waals surface area contributed by atoms with Crippen molar-refractivity contribution in [1.82, 2.24) is 0 Å². The summed E-state index contributed by atoms with van der Waals surface area (Å²) in [6.07, 6.45) is 0.837. The Kier molecular flexibility index (Phi) is 4.25. The first kappa shape index (κ1) is 12.7. The van der Waals surface area contributed by atoms with Gasteiger partial charge in [0.05, 0.1) is 0 Å². The molecule has 0 bridgehead atoms. The van der Waals surface area contributed by atoms with Crippen LogP contribution in [0.15, 0.2) is 53.0 Å². The molecule has 2 aromatic rings. The summed E-state index contributed by atoms with van der Waals surface area (Å²) in [7, 11) is 0. The Morgan fingerprint density at radius 1 is 0.941 bits per heavy atom. The molecule has 0 aliphatic rings. The van der Waals surface area contributed by atoms with Crippen molar-refractivity contribution in [2.24, 2.45) is 0 Å². The third-order valence-corrected chi connectivity index (χ3v) is 3.61. The molecule has 0 fully saturated rings. The minimum absolute atomic E-state index is 0.334. The summed E-state index contributed by atoms with van der Waals surface area (Å²) in [5, 5.41) is 0.771. The van der Waals surface area contributed by atoms with Crippen LogP contribution in [-0.2, 0) is 0 Å². The molecule has 0 aliphatic heterocycles. The molecule has 1 unspecified atom stereocenters. The second kappa shape index (κ2) is 5.70. The van der Waals surface area contributed by atoms with Crippen LogP contribution in [-0.4, -0.2) is 0 Å². The Bertz CT molecular complexity index is 428. The Hall–Kier alpha value is -0.790. The lowest BCUT2D eigenvalue weighted by Gasteiger charge is -2.16. The van der Waals surface area contributed by atoms with E-state index in [0.717, 1.165) is 15.9 Å². The van der Waals surface area contributed by atoms with Crippen molar-refractivity contribution in [3.8, 4) is 0 Å². The zero-order valence-electron chi connectivity index (χ0n) is 9.37. The molecule has 0 nitrogen and oxygen atoms in total. The van der Waals surface area contributed by atoms with Gasteiger partial charge in [-0.25, -0.2) is 0 Å². The quantitative estimate of drug-likeness (QED) is 0.706. The Labute approximate surface area is 116 Å². The van der Waals surface area contributed by atoms with Gasteiger partial charge in [0.15, 0.2) is 0 Å². The smallest absolute Gasteiger partial charge is 0.0406 e. The lowest BCUT2D eigenvalue weighted by molar-refractivity contribution is 0.827. The highest BCUT2D eigenvalue weighted by atomic mass is 79.9. The van der Waals surface area contributed by atoms with Gasteiger partial charge in [-0.3, -0.25) is 0 Å². The molecule has 0 heterocycles. The minimum atomic E-state index is 0.334. The average molecular weight is 309 g/mol. The molecule has 0 spiro atoms. The fourth-order valence-corrected chi connectivity index (χ4v) is 2.31. The van der Waals surface area contributed by atoms with Crippen LogP contribution in [0.1, 0.15) is 23.5 Å². The van der Waals surface area contributed by atoms with E-state index in [1.54, 1.807) is 0 Å². The van der Waals surface area contributed by atoms with E-state index >= 15 is 0 Å². The lowest BCUT2D eigenvalue weighted by atomic mass is 9.89. The van der Waals surface area contributed by atoms with Crippen LogP contribution < -0.4 is 0 Å². The summed E-state index contributed by atoms with van der Waals surface area (Å²) in [5.41, 5.74) is 2.54. The molecule has 0 aliphatic carbocycles. The predicted molar refractivity (Wildman–Crippen MR) is 77.4 cm³/mol. The van der Waals surface area contributed by atoms with E-state index < -0.39 is 0 Å². The SMILES string of the molecule is [CH2]CC(c1ccc(Cl)cc1)c1ccc(Br)cc1. The van der Waals surface area contributed by atoms with Crippen molar-refractivity contribution in [3.63, 3.8) is 0 Å². The second-order valence-electron chi connectivity index (χ2n) is 3.94. The molecule has 87 valence electrons. The normalized spacial score (nSPS) is 12.4. The Balaban J connectivity index is 2.33. The van der Waals surface area contributed by atoms with E-state index in [1.165, 1.54) is 11.1 Å². The maximum atomic E-state index is 5.90. The number of hydrogen-bond donors (Lipinski definition) is 0. The average Bonchev–Trinajstić information content (AvgIpc) is 2.35. The van der Waals surface area contributed by atoms with Crippen molar-refractivity contribution in [2.75, 3.05) is 0 Å². The fraction of sp³-hybridized carbons (Fsp3) is 0.133. The monoisotopic (exact) mass is 307 g/mol. The van der Waals surface area contributed by atoms with Gasteiger partial charge in [-0.15, -0.1) is 0 Å². The molecule has 1 radical (unpaired) electrons. The van der Waals surface area contributed by atoms with Gasteiger partial charge in [0, 0.05) is 15.4 Å². The predicted octanol–water partition coefficient (Wildman–Crippen LogP) is 5.46. The van der Waals surface area contributed by atoms with Crippen LogP contribution in [0.3, 0.4) is 0 Å². The Morgan fingerprint density at radius 2 is 1.41 bits per heavy atom. The van der Waals surface area contributed by atoms with Crippen LogP contribution in [0.2, 0.25) is 5.02 Å². The van der Waals surface area contributed by atoms with E-state index in [4.69, 9.17) is 11.6 Å². The number of hydrogen-bond acceptors (Lipinski definition) is 0. The van der Waals surface area contributed by atoms with E-state index in [0.29, 0.717) is 5.92 Å². The molecule has 2 rings (SSSR count). The Morgan fingerprint density at radius 3 is 1.88 bits per heavy atom. The number of halogens is 2. The maximum Gasteiger partial charge on any atom is 0.0406 e. The largest absolute Gasteiger partial charge is 0.0843 e. The fourth-order valence-electron chi connectivity index (χ4n) is 1.92. The van der Waals surface area contributed by atoms with Crippen LogP contribution in [0, 0.1) is 6.92 Å². The summed E-state index contributed by atoms with van der Waals surface area (Å²) in [4.78, 5) is 0. The van der Waals surface area contributed by atoms with E-state index in [1.807, 2.05) is 12.1 Å². The van der Waals surface area contributed by atoms with E-state index in [2.05, 4.69) is 59.3 Å². The zero-order valence-corrected chi connectivity index (χ0v) is 11.7. The molecule has 1 atom stereocenters. The van der Waals surface area contributed by atoms with Crippen LogP contribution >= 0.6 is 27.5 Å². The highest BCUT2D eigenvalue weighted by molar-refractivity contribution is 9.10. The van der Waals surface area contributed by atoms with E-state index in [9.17, 15) is 0 Å². The van der Waals surface area contributed by atoms with Gasteiger partial charge in [-0.1, -0.05) is 58.7 Å². The maximum absolute atomic E-state index is 5.90. The first-order valence-corrected chi connectivity index (χ1v) is 6.68. The standard InChI is InChI=1S/C15H13BrCl/c1-2-15(11-3-7-13(16)8-4-11)12-5-9-14(17)10-6-12/h3-10,15H,1-2H2. The lowest BCUT2D eigenvalue weighted by Crippen LogP contribution is -1.99. The molecule has 0 saturated heterocycles. The minimum Gasteiger partial charge on any atom is -0.0843 e. The summed E-state index contributed by atoms with van der Waals surface area (Å²) in [5.74, 6) is 0.334. The van der Waals surface area contributed by atoms with Crippen molar-refractivity contribution in [2.45, 2.75) is 12.3 Å². The number of benzene rings is 2. The number of rotatable bonds is 3. The summed E-state index contributed by atoms with van der Waals surface area (Å²) < 4.78 is 1.10. The van der Waals surface area contributed by atoms with Crippen molar-refractivity contribution in [3.05, 3.63) is 76.1 Å². The second-order valence-corrected chi connectivity index (χ2v) is 5.30. The van der Waals surface area contributed by atoms with Crippen molar-refractivity contribution < 1.29 is 0 Å². The van der Waals surface area contributed by atoms with Gasteiger partial charge < -0.3 is 0 Å². The molecule has 0 aromatic heterocycles. The summed E-state index contributed by atoms with van der Waals surface area (Å²) in [6.45, 7) is 4.04. The van der Waals surface area contributed by atoms with Crippen molar-refractivity contribution in [1.29, 1.82) is 0 Å². The van der Waals surface area contributed by atoms with Crippen LogP contribution in [0.25, 0.3) is 0 Å². The molecule has 2 aromatic carbocycles. The zero-order chi connectivity index (χ0) is 12.3. The topological polar surface area (TPSA) is 0 Å². The molecule has 17 heavy (non-hydrogen) atoms. The molecular weight excluding hydrogens is 296 g/mol. The van der Waals surface area contributed by atoms with Crippen LogP contribution in [0.5, 0.6) is 0 Å². The highest BCUT2D eigenvalue weighted by Crippen LogP contribution is 2.29. The summed E-state index contributed by atoms with van der Waals surface area (Å²) >= 11 is 9.35. The van der Waals surface area contributed by atoms with Crippen molar-refractivity contribution >= 4 is 27.5 Å². The van der Waals surface area contributed by atoms with Gasteiger partial charge in [0.25, 0.3) is 0 Å². The van der Waals surface area contributed by atoms with Gasteiger partial charge in [-0.2, -0.15) is 0 Å². The first-order valence-electron chi connectivity index (χ1n) is 5.51. The van der Waals surface area contributed by atoms with Gasteiger partial charge in [0.2, 0.25) is 0 Å². The molecule has 0 N–H and O–H groups in total. The van der Waals surface area contributed by atoms with Gasteiger partial charge in [0.1, 0.15) is 0 Å². The third kappa shape index (κ3) is 3.11. The molecule has 2 heteroatoms. The highest BCUT2D eigenvalue weighted by Gasteiger charge is 2.11. The van der Waals surface area contributed by atoms with E-state index in [-0.39, 0.29) is 0 Å². The van der Waals surface area contributed by atoms with Gasteiger partial charge in [-0.05, 0) is 41.8 Å². The van der Waals surface area contributed by atoms with Gasteiger partial charge >= 0.3 is 0 Å². The van der Waals surface area contributed by atoms with Crippen LogP contribution in [0.4, 0.5) is 0 Å². The molecule has 0 saturated carbocycles. The molecule has 0 amide bonds. The third-order valence-electron chi connectivity index (χ3n) is 2.83. The summed E-state index contributed by atoms with van der Waals surface area (Å²) in [6, 6.07) is 16.4.